The smallest absolute Gasteiger partial charge is 0.328 e. The van der Waals surface area contributed by atoms with Gasteiger partial charge in [-0.25, -0.2) is 4.79 Å². The van der Waals surface area contributed by atoms with E-state index in [4.69, 9.17) is 5.11 Å². The van der Waals surface area contributed by atoms with Gasteiger partial charge in [0.1, 0.15) is 0 Å². The van der Waals surface area contributed by atoms with Gasteiger partial charge in [0.05, 0.1) is 0 Å². The molecule has 18 heavy (non-hydrogen) atoms. The molecular weight excluding hydrogens is 224 g/mol. The molecular formula is C16H22O2. The zero-order valence-corrected chi connectivity index (χ0v) is 11.4. The fraction of sp³-hybridized carbons (Fsp3) is 0.438. The highest BCUT2D eigenvalue weighted by Gasteiger charge is 2.19. The van der Waals surface area contributed by atoms with E-state index in [0.717, 1.165) is 24.8 Å². The molecule has 2 nitrogen and oxygen atoms in total. The molecule has 0 saturated heterocycles. The van der Waals surface area contributed by atoms with Crippen molar-refractivity contribution in [1.29, 1.82) is 0 Å². The molecule has 0 saturated carbocycles. The van der Waals surface area contributed by atoms with Crippen LogP contribution >= 0.6 is 0 Å². The first-order valence-corrected chi connectivity index (χ1v) is 6.37. The first kappa shape index (κ1) is 14.5. The highest BCUT2D eigenvalue weighted by Crippen LogP contribution is 2.29. The molecule has 1 aromatic rings. The van der Waals surface area contributed by atoms with Gasteiger partial charge in [-0.1, -0.05) is 49.8 Å². The van der Waals surface area contributed by atoms with Crippen molar-refractivity contribution in [3.05, 3.63) is 47.5 Å². The van der Waals surface area contributed by atoms with Crippen molar-refractivity contribution in [2.75, 3.05) is 0 Å². The van der Waals surface area contributed by atoms with Gasteiger partial charge >= 0.3 is 5.97 Å². The van der Waals surface area contributed by atoms with E-state index in [9.17, 15) is 4.79 Å². The molecule has 2 heteroatoms. The summed E-state index contributed by atoms with van der Waals surface area (Å²) in [6.45, 7) is 6.35. The Kier molecular flexibility index (Phi) is 5.14. The van der Waals surface area contributed by atoms with Crippen LogP contribution in [0, 0.1) is 0 Å². The van der Waals surface area contributed by atoms with E-state index in [2.05, 4.69) is 38.1 Å². The highest BCUT2D eigenvalue weighted by molar-refractivity contribution is 5.80. The van der Waals surface area contributed by atoms with Crippen molar-refractivity contribution in [3.63, 3.8) is 0 Å². The zero-order chi connectivity index (χ0) is 13.6. The van der Waals surface area contributed by atoms with Gasteiger partial charge in [-0.05, 0) is 37.2 Å². The topological polar surface area (TPSA) is 37.3 Å². The molecule has 1 aromatic carbocycles. The predicted molar refractivity (Wildman–Crippen MR) is 74.7 cm³/mol. The summed E-state index contributed by atoms with van der Waals surface area (Å²) in [6.07, 6.45) is 4.22. The standard InChI is InChI=1S/C16H22O2/c1-13(12-15(17)18)8-7-11-16(2,3)14-9-5-4-6-10-14/h4-6,9-10,12H,7-8,11H2,1-3H3,(H,17,18)/b13-12+. The van der Waals surface area contributed by atoms with Crippen molar-refractivity contribution in [3.8, 4) is 0 Å². The van der Waals surface area contributed by atoms with Gasteiger partial charge in [0.2, 0.25) is 0 Å². The minimum Gasteiger partial charge on any atom is -0.478 e. The lowest BCUT2D eigenvalue weighted by Crippen LogP contribution is -2.16. The highest BCUT2D eigenvalue weighted by atomic mass is 16.4. The molecule has 0 radical (unpaired) electrons. The second-order valence-electron chi connectivity index (χ2n) is 5.43. The molecule has 0 spiro atoms. The molecule has 0 aliphatic carbocycles. The normalized spacial score (nSPS) is 12.5. The van der Waals surface area contributed by atoms with Crippen LogP contribution < -0.4 is 0 Å². The molecule has 0 bridgehead atoms. The molecule has 98 valence electrons. The summed E-state index contributed by atoms with van der Waals surface area (Å²) in [6, 6.07) is 10.5. The Hall–Kier alpha value is -1.57. The minimum absolute atomic E-state index is 0.144. The van der Waals surface area contributed by atoms with Crippen molar-refractivity contribution in [2.24, 2.45) is 0 Å². The molecule has 0 aliphatic heterocycles. The van der Waals surface area contributed by atoms with Crippen molar-refractivity contribution in [2.45, 2.75) is 45.4 Å². The first-order chi connectivity index (χ1) is 8.42. The summed E-state index contributed by atoms with van der Waals surface area (Å²) in [5.41, 5.74) is 2.42. The van der Waals surface area contributed by atoms with Crippen molar-refractivity contribution < 1.29 is 9.90 Å². The molecule has 0 fully saturated rings. The van der Waals surface area contributed by atoms with E-state index >= 15 is 0 Å². The largest absolute Gasteiger partial charge is 0.478 e. The summed E-state index contributed by atoms with van der Waals surface area (Å²) in [5.74, 6) is -0.852. The minimum atomic E-state index is -0.852. The maximum absolute atomic E-state index is 10.5. The third-order valence-electron chi connectivity index (χ3n) is 3.30. The van der Waals surface area contributed by atoms with Crippen LogP contribution in [-0.4, -0.2) is 11.1 Å². The number of carboxylic acid groups (broad SMARTS) is 1. The summed E-state index contributed by atoms with van der Waals surface area (Å²) < 4.78 is 0. The van der Waals surface area contributed by atoms with Crippen LogP contribution in [0.4, 0.5) is 0 Å². The van der Waals surface area contributed by atoms with Gasteiger partial charge in [0, 0.05) is 6.08 Å². The Morgan fingerprint density at radius 1 is 1.28 bits per heavy atom. The maximum atomic E-state index is 10.5. The number of hydrogen-bond acceptors (Lipinski definition) is 1. The van der Waals surface area contributed by atoms with E-state index in [1.807, 2.05) is 13.0 Å². The third kappa shape index (κ3) is 4.74. The zero-order valence-electron chi connectivity index (χ0n) is 11.4. The lowest BCUT2D eigenvalue weighted by Gasteiger charge is -2.25. The second-order valence-corrected chi connectivity index (χ2v) is 5.43. The fourth-order valence-electron chi connectivity index (χ4n) is 2.13. The SMILES string of the molecule is C/C(=C\C(=O)O)CCCC(C)(C)c1ccccc1. The van der Waals surface area contributed by atoms with Gasteiger partial charge in [-0.15, -0.1) is 0 Å². The number of carboxylic acids is 1. The monoisotopic (exact) mass is 246 g/mol. The van der Waals surface area contributed by atoms with Crippen LogP contribution in [0.3, 0.4) is 0 Å². The van der Waals surface area contributed by atoms with Gasteiger partial charge in [-0.2, -0.15) is 0 Å². The fourth-order valence-corrected chi connectivity index (χ4v) is 2.13. The number of carbonyl (C=O) groups is 1. The lowest BCUT2D eigenvalue weighted by atomic mass is 9.80. The Morgan fingerprint density at radius 3 is 2.44 bits per heavy atom. The molecule has 0 amide bonds. The van der Waals surface area contributed by atoms with Crippen LogP contribution in [0.25, 0.3) is 0 Å². The van der Waals surface area contributed by atoms with Gasteiger partial charge in [0.15, 0.2) is 0 Å². The number of benzene rings is 1. The second kappa shape index (κ2) is 6.39. The van der Waals surface area contributed by atoms with E-state index in [0.29, 0.717) is 0 Å². The maximum Gasteiger partial charge on any atom is 0.328 e. The summed E-state index contributed by atoms with van der Waals surface area (Å²) in [7, 11) is 0. The van der Waals surface area contributed by atoms with E-state index in [1.54, 1.807) is 0 Å². The molecule has 0 aromatic heterocycles. The Balaban J connectivity index is 2.51. The van der Waals surface area contributed by atoms with Crippen LogP contribution in [0.15, 0.2) is 42.0 Å². The van der Waals surface area contributed by atoms with Crippen LogP contribution in [-0.2, 0) is 10.2 Å². The number of rotatable bonds is 6. The summed E-state index contributed by atoms with van der Waals surface area (Å²) in [5, 5.41) is 8.64. The van der Waals surface area contributed by atoms with Crippen LogP contribution in [0.5, 0.6) is 0 Å². The van der Waals surface area contributed by atoms with Gasteiger partial charge in [-0.3, -0.25) is 0 Å². The Labute approximate surface area is 109 Å². The lowest BCUT2D eigenvalue weighted by molar-refractivity contribution is -0.131. The summed E-state index contributed by atoms with van der Waals surface area (Å²) in [4.78, 5) is 10.5. The Morgan fingerprint density at radius 2 is 1.89 bits per heavy atom. The predicted octanol–water partition coefficient (Wildman–Crippen LogP) is 4.17. The van der Waals surface area contributed by atoms with Crippen molar-refractivity contribution >= 4 is 5.97 Å². The Bertz CT molecular complexity index is 416. The molecule has 1 N–H and O–H groups in total. The van der Waals surface area contributed by atoms with E-state index in [1.165, 1.54) is 11.6 Å². The average Bonchev–Trinajstić information content (AvgIpc) is 2.29. The summed E-state index contributed by atoms with van der Waals surface area (Å²) >= 11 is 0. The number of aliphatic carboxylic acids is 1. The molecule has 0 heterocycles. The molecule has 0 aliphatic rings. The van der Waals surface area contributed by atoms with Crippen molar-refractivity contribution in [1.82, 2.24) is 0 Å². The molecule has 1 rings (SSSR count). The van der Waals surface area contributed by atoms with E-state index < -0.39 is 5.97 Å². The van der Waals surface area contributed by atoms with Crippen LogP contribution in [0.1, 0.15) is 45.6 Å². The van der Waals surface area contributed by atoms with E-state index in [-0.39, 0.29) is 5.41 Å². The quantitative estimate of drug-likeness (QED) is 0.765. The van der Waals surface area contributed by atoms with Gasteiger partial charge < -0.3 is 5.11 Å². The van der Waals surface area contributed by atoms with Gasteiger partial charge in [0.25, 0.3) is 0 Å². The number of allylic oxidation sites excluding steroid dienone is 1. The first-order valence-electron chi connectivity index (χ1n) is 6.37. The third-order valence-corrected chi connectivity index (χ3v) is 3.30. The van der Waals surface area contributed by atoms with Crippen LogP contribution in [0.2, 0.25) is 0 Å². The number of hydrogen-bond donors (Lipinski definition) is 1. The average molecular weight is 246 g/mol. The molecule has 0 atom stereocenters. The molecule has 0 unspecified atom stereocenters.